The average Bonchev–Trinajstić information content (AvgIpc) is 2.18. The summed E-state index contributed by atoms with van der Waals surface area (Å²) in [5, 5.41) is 11.2. The number of hydroxylamine groups is 1. The standard InChI is InChI=1S/C10H10N2O/c1-9(12(13)8-11-2)10-6-4-3-5-7-10/h3-9H,1H3/t9-/m0/s1. The Bertz CT molecular complexity index is 338. The van der Waals surface area contributed by atoms with Crippen molar-refractivity contribution in [1.82, 2.24) is 0 Å². The van der Waals surface area contributed by atoms with Gasteiger partial charge in [-0.05, 0) is 0 Å². The van der Waals surface area contributed by atoms with E-state index in [4.69, 9.17) is 6.57 Å². The van der Waals surface area contributed by atoms with Crippen LogP contribution in [-0.4, -0.2) is 11.1 Å². The van der Waals surface area contributed by atoms with Gasteiger partial charge in [-0.2, -0.15) is 4.85 Å². The van der Waals surface area contributed by atoms with Crippen LogP contribution in [0.4, 0.5) is 0 Å². The predicted octanol–water partition coefficient (Wildman–Crippen LogP) is 2.21. The molecule has 0 heterocycles. The Morgan fingerprint density at radius 3 is 2.62 bits per heavy atom. The van der Waals surface area contributed by atoms with Gasteiger partial charge < -0.3 is 5.21 Å². The first-order valence-corrected chi connectivity index (χ1v) is 3.96. The molecule has 1 aromatic rings. The van der Waals surface area contributed by atoms with Crippen molar-refractivity contribution in [1.29, 1.82) is 0 Å². The minimum atomic E-state index is -0.296. The second-order valence-corrected chi connectivity index (χ2v) is 2.69. The molecule has 0 saturated heterocycles. The van der Waals surface area contributed by atoms with Crippen LogP contribution < -0.4 is 0 Å². The molecule has 0 aliphatic heterocycles. The average molecular weight is 174 g/mol. The quantitative estimate of drug-likeness (QED) is 0.169. The summed E-state index contributed by atoms with van der Waals surface area (Å²) < 4.78 is 0.655. The molecule has 0 saturated carbocycles. The predicted molar refractivity (Wildman–Crippen MR) is 51.2 cm³/mol. The molecular weight excluding hydrogens is 164 g/mol. The molecule has 1 aromatic carbocycles. The third-order valence-corrected chi connectivity index (χ3v) is 1.84. The summed E-state index contributed by atoms with van der Waals surface area (Å²) in [6.07, 6.45) is 0.956. The minimum absolute atomic E-state index is 0.296. The van der Waals surface area contributed by atoms with Gasteiger partial charge >= 0.3 is 6.34 Å². The zero-order valence-corrected chi connectivity index (χ0v) is 7.34. The molecule has 0 radical (unpaired) electrons. The molecule has 0 N–H and O–H groups in total. The third-order valence-electron chi connectivity index (χ3n) is 1.84. The number of hydrogen-bond acceptors (Lipinski definition) is 1. The summed E-state index contributed by atoms with van der Waals surface area (Å²) in [4.78, 5) is 2.92. The van der Waals surface area contributed by atoms with Gasteiger partial charge in [-0.15, -0.1) is 0 Å². The lowest BCUT2D eigenvalue weighted by Crippen LogP contribution is -2.09. The normalized spacial score (nSPS) is 13.4. The maximum atomic E-state index is 11.2. The van der Waals surface area contributed by atoms with Gasteiger partial charge in [0.25, 0.3) is 0 Å². The van der Waals surface area contributed by atoms with Crippen molar-refractivity contribution < 1.29 is 4.74 Å². The summed E-state index contributed by atoms with van der Waals surface area (Å²) in [7, 11) is 0. The van der Waals surface area contributed by atoms with Gasteiger partial charge in [-0.25, -0.2) is 4.74 Å². The molecular formula is C10H10N2O. The monoisotopic (exact) mass is 174 g/mol. The molecule has 0 aliphatic carbocycles. The van der Waals surface area contributed by atoms with E-state index in [2.05, 4.69) is 4.85 Å². The van der Waals surface area contributed by atoms with E-state index in [9.17, 15) is 5.21 Å². The van der Waals surface area contributed by atoms with Gasteiger partial charge in [0.1, 0.15) is 6.57 Å². The summed E-state index contributed by atoms with van der Waals surface area (Å²) in [5.41, 5.74) is 0.914. The third kappa shape index (κ3) is 2.31. The van der Waals surface area contributed by atoms with E-state index in [1.807, 2.05) is 30.3 Å². The summed E-state index contributed by atoms with van der Waals surface area (Å²) >= 11 is 0. The van der Waals surface area contributed by atoms with Crippen LogP contribution in [0.2, 0.25) is 0 Å². The van der Waals surface area contributed by atoms with Crippen LogP contribution in [-0.2, 0) is 0 Å². The molecule has 0 unspecified atom stereocenters. The fourth-order valence-electron chi connectivity index (χ4n) is 1.04. The van der Waals surface area contributed by atoms with Crippen molar-refractivity contribution in [2.24, 2.45) is 0 Å². The number of hydrogen-bond donors (Lipinski definition) is 0. The summed E-state index contributed by atoms with van der Waals surface area (Å²) in [5.74, 6) is 0. The fourth-order valence-corrected chi connectivity index (χ4v) is 1.04. The van der Waals surface area contributed by atoms with Crippen LogP contribution in [0.1, 0.15) is 18.5 Å². The lowest BCUT2D eigenvalue weighted by molar-refractivity contribution is -0.498. The summed E-state index contributed by atoms with van der Waals surface area (Å²) in [6.45, 7) is 8.28. The Hall–Kier alpha value is -1.82. The fraction of sp³-hybridized carbons (Fsp3) is 0.200. The first kappa shape index (κ1) is 9.27. The molecule has 1 atom stereocenters. The molecule has 0 fully saturated rings. The smallest absolute Gasteiger partial charge is 0.391 e. The first-order valence-electron chi connectivity index (χ1n) is 3.96. The van der Waals surface area contributed by atoms with Crippen molar-refractivity contribution >= 4 is 6.34 Å². The van der Waals surface area contributed by atoms with Gasteiger partial charge in [0, 0.05) is 12.5 Å². The highest BCUT2D eigenvalue weighted by Gasteiger charge is 2.09. The highest BCUT2D eigenvalue weighted by molar-refractivity contribution is 5.60. The molecule has 0 amide bonds. The largest absolute Gasteiger partial charge is 0.634 e. The highest BCUT2D eigenvalue weighted by atomic mass is 16.5. The van der Waals surface area contributed by atoms with E-state index in [0.717, 1.165) is 11.9 Å². The van der Waals surface area contributed by atoms with E-state index in [1.54, 1.807) is 6.92 Å². The Kier molecular flexibility index (Phi) is 3.04. The lowest BCUT2D eigenvalue weighted by atomic mass is 10.1. The van der Waals surface area contributed by atoms with E-state index in [-0.39, 0.29) is 6.04 Å². The van der Waals surface area contributed by atoms with E-state index in [1.165, 1.54) is 0 Å². The van der Waals surface area contributed by atoms with Crippen molar-refractivity contribution in [2.75, 3.05) is 0 Å². The highest BCUT2D eigenvalue weighted by Crippen LogP contribution is 2.14. The Balaban J connectivity index is 2.87. The molecule has 0 spiro atoms. The van der Waals surface area contributed by atoms with Crippen LogP contribution in [0.3, 0.4) is 0 Å². The van der Waals surface area contributed by atoms with E-state index >= 15 is 0 Å². The summed E-state index contributed by atoms with van der Waals surface area (Å²) in [6, 6.07) is 9.08. The van der Waals surface area contributed by atoms with Crippen LogP contribution in [0, 0.1) is 11.8 Å². The molecule has 0 aliphatic rings. The van der Waals surface area contributed by atoms with Crippen molar-refractivity contribution in [2.45, 2.75) is 13.0 Å². The number of rotatable bonds is 2. The Morgan fingerprint density at radius 2 is 2.08 bits per heavy atom. The Labute approximate surface area is 77.3 Å². The molecule has 0 bridgehead atoms. The second-order valence-electron chi connectivity index (χ2n) is 2.69. The van der Waals surface area contributed by atoms with Gasteiger partial charge in [0.2, 0.25) is 0 Å². The molecule has 13 heavy (non-hydrogen) atoms. The van der Waals surface area contributed by atoms with Gasteiger partial charge in [0.05, 0.1) is 0 Å². The van der Waals surface area contributed by atoms with Gasteiger partial charge in [-0.3, -0.25) is 0 Å². The van der Waals surface area contributed by atoms with Crippen LogP contribution in [0.25, 0.3) is 4.85 Å². The van der Waals surface area contributed by atoms with Crippen molar-refractivity contribution in [3.8, 4) is 0 Å². The first-order chi connectivity index (χ1) is 6.25. The van der Waals surface area contributed by atoms with E-state index in [0.29, 0.717) is 4.74 Å². The van der Waals surface area contributed by atoms with Gasteiger partial charge in [-0.1, -0.05) is 30.3 Å². The lowest BCUT2D eigenvalue weighted by Gasteiger charge is -2.11. The minimum Gasteiger partial charge on any atom is -0.634 e. The number of nitrogens with zero attached hydrogens (tertiary/aromatic N) is 2. The molecule has 66 valence electrons. The molecule has 3 heteroatoms. The molecule has 3 nitrogen and oxygen atoms in total. The van der Waals surface area contributed by atoms with E-state index < -0.39 is 0 Å². The maximum Gasteiger partial charge on any atom is 0.391 e. The maximum absolute atomic E-state index is 11.2. The van der Waals surface area contributed by atoms with Gasteiger partial charge in [0.15, 0.2) is 6.04 Å². The van der Waals surface area contributed by atoms with Crippen LogP contribution in [0.5, 0.6) is 0 Å². The second kappa shape index (κ2) is 4.27. The zero-order valence-electron chi connectivity index (χ0n) is 7.34. The van der Waals surface area contributed by atoms with Crippen LogP contribution >= 0.6 is 0 Å². The Morgan fingerprint density at radius 1 is 1.46 bits per heavy atom. The zero-order chi connectivity index (χ0) is 9.68. The SMILES string of the molecule is [C-]#[N+]C=[N+]([O-])[C@@H](C)c1ccccc1. The topological polar surface area (TPSA) is 30.4 Å². The molecule has 0 aromatic heterocycles. The van der Waals surface area contributed by atoms with Crippen LogP contribution in [0.15, 0.2) is 30.3 Å². The van der Waals surface area contributed by atoms with Crippen molar-refractivity contribution in [3.05, 3.63) is 52.5 Å². The number of benzene rings is 1. The van der Waals surface area contributed by atoms with Crippen molar-refractivity contribution in [3.63, 3.8) is 0 Å². The molecule has 1 rings (SSSR count).